The second-order valence-corrected chi connectivity index (χ2v) is 9.12. The molecule has 4 rings (SSSR count). The Morgan fingerprint density at radius 1 is 0.897 bits per heavy atom. The van der Waals surface area contributed by atoms with E-state index in [9.17, 15) is 18.0 Å². The van der Waals surface area contributed by atoms with Crippen molar-refractivity contribution in [1.82, 2.24) is 4.90 Å². The molecule has 150 valence electrons. The van der Waals surface area contributed by atoms with Crippen LogP contribution >= 0.6 is 0 Å². The van der Waals surface area contributed by atoms with Gasteiger partial charge >= 0.3 is 0 Å². The number of hydrogen-bond donors (Lipinski definition) is 1. The first-order valence-corrected chi connectivity index (χ1v) is 11.1. The fourth-order valence-corrected chi connectivity index (χ4v) is 5.39. The van der Waals surface area contributed by atoms with Gasteiger partial charge < -0.3 is 4.90 Å². The standard InChI is InChI=1S/C22H22N2O4S/c1-14-9-10-18(15(2)13-14)23-29(27,28)22-19(24-11-5-6-12-24)20(25)16-7-3-4-8-17(16)21(22)26/h3-4,7-10,13,23H,5-6,11-12H2,1-2H3. The minimum Gasteiger partial charge on any atom is -0.367 e. The van der Waals surface area contributed by atoms with Gasteiger partial charge in [-0.2, -0.15) is 0 Å². The van der Waals surface area contributed by atoms with Crippen LogP contribution in [0.1, 0.15) is 44.7 Å². The van der Waals surface area contributed by atoms with E-state index in [0.29, 0.717) is 18.8 Å². The van der Waals surface area contributed by atoms with Crippen LogP contribution in [-0.4, -0.2) is 38.0 Å². The highest BCUT2D eigenvalue weighted by atomic mass is 32.2. The van der Waals surface area contributed by atoms with Crippen LogP contribution in [0.5, 0.6) is 0 Å². The van der Waals surface area contributed by atoms with Gasteiger partial charge in [-0.25, -0.2) is 8.42 Å². The lowest BCUT2D eigenvalue weighted by Gasteiger charge is -2.28. The molecule has 0 unspecified atom stereocenters. The predicted octanol–water partition coefficient (Wildman–Crippen LogP) is 3.43. The lowest BCUT2D eigenvalue weighted by atomic mass is 9.92. The summed E-state index contributed by atoms with van der Waals surface area (Å²) in [5.41, 5.74) is 2.50. The number of sulfonamides is 1. The number of allylic oxidation sites excluding steroid dienone is 2. The number of likely N-dealkylation sites (tertiary alicyclic amines) is 1. The third-order valence-corrected chi connectivity index (χ3v) is 6.77. The van der Waals surface area contributed by atoms with Crippen molar-refractivity contribution in [2.24, 2.45) is 0 Å². The molecule has 0 amide bonds. The van der Waals surface area contributed by atoms with E-state index in [0.717, 1.165) is 24.0 Å². The number of benzene rings is 2. The summed E-state index contributed by atoms with van der Waals surface area (Å²) in [7, 11) is -4.27. The average molecular weight is 410 g/mol. The van der Waals surface area contributed by atoms with Gasteiger partial charge in [0.2, 0.25) is 11.6 Å². The summed E-state index contributed by atoms with van der Waals surface area (Å²) < 4.78 is 29.2. The van der Waals surface area contributed by atoms with Gasteiger partial charge in [0.05, 0.1) is 5.69 Å². The van der Waals surface area contributed by atoms with Gasteiger partial charge in [0, 0.05) is 24.2 Å². The molecular weight excluding hydrogens is 388 g/mol. The maximum Gasteiger partial charge on any atom is 0.268 e. The summed E-state index contributed by atoms with van der Waals surface area (Å²) in [5.74, 6) is -1.05. The predicted molar refractivity (Wildman–Crippen MR) is 111 cm³/mol. The number of nitrogens with one attached hydrogen (secondary N) is 1. The Balaban J connectivity index is 1.87. The van der Waals surface area contributed by atoms with E-state index in [1.165, 1.54) is 6.07 Å². The Kier molecular flexibility index (Phi) is 4.78. The van der Waals surface area contributed by atoms with E-state index in [1.54, 1.807) is 42.2 Å². The molecule has 0 atom stereocenters. The van der Waals surface area contributed by atoms with Crippen LogP contribution in [0.3, 0.4) is 0 Å². The van der Waals surface area contributed by atoms with Gasteiger partial charge in [0.25, 0.3) is 10.0 Å². The highest BCUT2D eigenvalue weighted by Crippen LogP contribution is 2.34. The van der Waals surface area contributed by atoms with Crippen LogP contribution in [0.15, 0.2) is 53.1 Å². The van der Waals surface area contributed by atoms with E-state index in [2.05, 4.69) is 4.72 Å². The first kappa shape index (κ1) is 19.4. The van der Waals surface area contributed by atoms with E-state index < -0.39 is 26.5 Å². The molecule has 1 aliphatic carbocycles. The maximum absolute atomic E-state index is 13.4. The third kappa shape index (κ3) is 3.35. The molecule has 1 saturated heterocycles. The first-order chi connectivity index (χ1) is 13.8. The number of rotatable bonds is 4. The van der Waals surface area contributed by atoms with Gasteiger partial charge in [0.15, 0.2) is 4.91 Å². The van der Waals surface area contributed by atoms with Crippen molar-refractivity contribution in [1.29, 1.82) is 0 Å². The zero-order chi connectivity index (χ0) is 20.8. The number of hydrogen-bond acceptors (Lipinski definition) is 5. The van der Waals surface area contributed by atoms with Crippen molar-refractivity contribution in [3.05, 3.63) is 75.3 Å². The highest BCUT2D eigenvalue weighted by Gasteiger charge is 2.42. The van der Waals surface area contributed by atoms with E-state index in [1.807, 2.05) is 13.0 Å². The minimum absolute atomic E-state index is 0.0107. The Morgan fingerprint density at radius 2 is 1.52 bits per heavy atom. The smallest absolute Gasteiger partial charge is 0.268 e. The van der Waals surface area contributed by atoms with E-state index in [-0.39, 0.29) is 16.8 Å². The molecule has 1 aliphatic heterocycles. The number of carbonyl (C=O) groups is 2. The number of Topliss-reactive ketones (excluding diaryl/α,β-unsaturated/α-hetero) is 2. The van der Waals surface area contributed by atoms with Crippen molar-refractivity contribution < 1.29 is 18.0 Å². The van der Waals surface area contributed by atoms with Gasteiger partial charge in [-0.1, -0.05) is 42.0 Å². The molecule has 1 heterocycles. The van der Waals surface area contributed by atoms with Gasteiger partial charge in [-0.05, 0) is 38.3 Å². The van der Waals surface area contributed by atoms with Crippen LogP contribution in [0.4, 0.5) is 5.69 Å². The lowest BCUT2D eigenvalue weighted by molar-refractivity contribution is 0.0953. The number of carbonyl (C=O) groups excluding carboxylic acids is 2. The minimum atomic E-state index is -4.27. The molecule has 0 saturated carbocycles. The Morgan fingerprint density at radius 3 is 2.14 bits per heavy atom. The number of aryl methyl sites for hydroxylation is 2. The van der Waals surface area contributed by atoms with Crippen molar-refractivity contribution in [3.63, 3.8) is 0 Å². The molecule has 1 N–H and O–H groups in total. The fraction of sp³-hybridized carbons (Fsp3) is 0.273. The van der Waals surface area contributed by atoms with Crippen molar-refractivity contribution in [2.75, 3.05) is 17.8 Å². The Bertz CT molecular complexity index is 1160. The number of nitrogens with zero attached hydrogens (tertiary/aromatic N) is 1. The third-order valence-electron chi connectivity index (χ3n) is 5.37. The summed E-state index contributed by atoms with van der Waals surface area (Å²) in [5, 5.41) is 0. The summed E-state index contributed by atoms with van der Waals surface area (Å²) in [4.78, 5) is 27.7. The molecule has 2 aliphatic rings. The SMILES string of the molecule is Cc1ccc(NS(=O)(=O)C2=C(N3CCCC3)C(=O)c3ccccc3C2=O)c(C)c1. The van der Waals surface area contributed by atoms with Crippen molar-refractivity contribution in [3.8, 4) is 0 Å². The molecule has 29 heavy (non-hydrogen) atoms. The zero-order valence-corrected chi connectivity index (χ0v) is 17.2. The summed E-state index contributed by atoms with van der Waals surface area (Å²) >= 11 is 0. The average Bonchev–Trinajstić information content (AvgIpc) is 3.21. The van der Waals surface area contributed by atoms with E-state index >= 15 is 0 Å². The highest BCUT2D eigenvalue weighted by molar-refractivity contribution is 7.97. The van der Waals surface area contributed by atoms with Gasteiger partial charge in [-0.3, -0.25) is 14.3 Å². The largest absolute Gasteiger partial charge is 0.367 e. The Hall–Kier alpha value is -2.93. The van der Waals surface area contributed by atoms with Crippen LogP contribution in [0.25, 0.3) is 0 Å². The second kappa shape index (κ2) is 7.15. The maximum atomic E-state index is 13.4. The molecular formula is C22H22N2O4S. The number of anilines is 1. The molecule has 7 heteroatoms. The molecule has 0 bridgehead atoms. The molecule has 2 aromatic rings. The zero-order valence-electron chi connectivity index (χ0n) is 16.4. The monoisotopic (exact) mass is 410 g/mol. The molecule has 0 aromatic heterocycles. The Labute approximate surface area is 170 Å². The lowest BCUT2D eigenvalue weighted by Crippen LogP contribution is -2.36. The number of ketones is 2. The molecule has 6 nitrogen and oxygen atoms in total. The molecule has 2 aromatic carbocycles. The van der Waals surface area contributed by atoms with E-state index in [4.69, 9.17) is 0 Å². The van der Waals surface area contributed by atoms with Crippen LogP contribution in [-0.2, 0) is 10.0 Å². The number of fused-ring (bicyclic) bond motifs is 1. The summed E-state index contributed by atoms with van der Waals surface area (Å²) in [6, 6.07) is 11.7. The van der Waals surface area contributed by atoms with Crippen LogP contribution in [0.2, 0.25) is 0 Å². The molecule has 0 radical (unpaired) electrons. The topological polar surface area (TPSA) is 83.6 Å². The summed E-state index contributed by atoms with van der Waals surface area (Å²) in [6.45, 7) is 4.82. The second-order valence-electron chi connectivity index (χ2n) is 7.50. The molecule has 0 spiro atoms. The van der Waals surface area contributed by atoms with Crippen molar-refractivity contribution >= 4 is 27.3 Å². The fourth-order valence-electron chi connectivity index (χ4n) is 3.94. The summed E-state index contributed by atoms with van der Waals surface area (Å²) in [6.07, 6.45) is 1.70. The van der Waals surface area contributed by atoms with Gasteiger partial charge in [-0.15, -0.1) is 0 Å². The normalized spacial score (nSPS) is 17.0. The van der Waals surface area contributed by atoms with Gasteiger partial charge in [0.1, 0.15) is 5.70 Å². The van der Waals surface area contributed by atoms with Crippen LogP contribution < -0.4 is 4.72 Å². The van der Waals surface area contributed by atoms with Crippen LogP contribution in [0, 0.1) is 13.8 Å². The first-order valence-electron chi connectivity index (χ1n) is 9.57. The quantitative estimate of drug-likeness (QED) is 0.835. The van der Waals surface area contributed by atoms with Crippen molar-refractivity contribution in [2.45, 2.75) is 26.7 Å². The molecule has 1 fully saturated rings.